The van der Waals surface area contributed by atoms with Crippen molar-refractivity contribution in [2.75, 3.05) is 6.61 Å². The van der Waals surface area contributed by atoms with Crippen molar-refractivity contribution in [2.24, 2.45) is 28.6 Å². The predicted molar refractivity (Wildman–Crippen MR) is 154 cm³/mol. The Bertz CT molecular complexity index is 1330. The Morgan fingerprint density at radius 2 is 1.59 bits per heavy atom. The van der Waals surface area contributed by atoms with Crippen molar-refractivity contribution in [3.05, 3.63) is 83.4 Å². The Balaban J connectivity index is 1.21. The molecule has 0 unspecified atom stereocenters. The average Bonchev–Trinajstić information content (AvgIpc) is 3.24. The molecule has 4 aliphatic rings. The summed E-state index contributed by atoms with van der Waals surface area (Å²) >= 11 is 0. The van der Waals surface area contributed by atoms with Crippen LogP contribution >= 0.6 is 0 Å². The first-order chi connectivity index (χ1) is 19.6. The van der Waals surface area contributed by atoms with Gasteiger partial charge in [0.1, 0.15) is 11.5 Å². The van der Waals surface area contributed by atoms with Crippen LogP contribution < -0.4 is 0 Å². The van der Waals surface area contributed by atoms with E-state index in [4.69, 9.17) is 4.74 Å². The third-order valence-electron chi connectivity index (χ3n) is 11.4. The molecule has 216 valence electrons. The third kappa shape index (κ3) is 4.42. The lowest BCUT2D eigenvalue weighted by Crippen LogP contribution is -2.62. The summed E-state index contributed by atoms with van der Waals surface area (Å²) in [5.74, 6) is -1.32. The predicted octanol–water partition coefficient (Wildman–Crippen LogP) is 5.16. The molecule has 6 heteroatoms. The van der Waals surface area contributed by atoms with Crippen molar-refractivity contribution >= 4 is 17.5 Å². The number of ketones is 2. The van der Waals surface area contributed by atoms with E-state index in [1.54, 1.807) is 6.08 Å². The third-order valence-corrected chi connectivity index (χ3v) is 11.4. The van der Waals surface area contributed by atoms with Gasteiger partial charge in [0.25, 0.3) is 0 Å². The molecular formula is C35H40O6. The van der Waals surface area contributed by atoms with Gasteiger partial charge < -0.3 is 14.9 Å². The Hall–Kier alpha value is -3.09. The standard InChI is InChI=1S/C35H40O6/c1-33-17-15-25(36)19-24(33)13-14-26-27-16-18-35(40,34(27,2)20-28(37)31(26)33)29(38)21-41-32(39)30(22-9-5-3-6-10-22)23-11-7-4-8-12-23/h3-12,19,26-28,30-31,37,40H,13-18,20-21H2,1-2H3/t26-,27-,28-,31+,33-,34-,35+/m0/s1. The highest BCUT2D eigenvalue weighted by Gasteiger charge is 2.68. The SMILES string of the molecule is C[C@]12CCC(=O)C=C1CC[C@@H]1[C@@H]2[C@@H](O)C[C@@]2(C)[C@H]1CC[C@@]2(O)C(=O)COC(=O)C(c1ccccc1)c1ccccc1. The van der Waals surface area contributed by atoms with Crippen LogP contribution in [0.3, 0.4) is 0 Å². The minimum atomic E-state index is -1.68. The van der Waals surface area contributed by atoms with Gasteiger partial charge >= 0.3 is 5.97 Å². The van der Waals surface area contributed by atoms with E-state index in [9.17, 15) is 24.6 Å². The summed E-state index contributed by atoms with van der Waals surface area (Å²) in [6, 6.07) is 18.7. The Morgan fingerprint density at radius 3 is 2.22 bits per heavy atom. The molecule has 6 rings (SSSR count). The Kier molecular flexibility index (Phi) is 7.06. The van der Waals surface area contributed by atoms with Gasteiger partial charge in [-0.25, -0.2) is 0 Å². The zero-order valence-electron chi connectivity index (χ0n) is 23.9. The first kappa shape index (κ1) is 28.0. The minimum absolute atomic E-state index is 0.00135. The normalized spacial score (nSPS) is 36.1. The van der Waals surface area contributed by atoms with E-state index in [0.29, 0.717) is 25.7 Å². The number of aliphatic hydroxyl groups is 2. The van der Waals surface area contributed by atoms with Crippen molar-refractivity contribution in [2.45, 2.75) is 76.4 Å². The van der Waals surface area contributed by atoms with Crippen molar-refractivity contribution in [3.8, 4) is 0 Å². The summed E-state index contributed by atoms with van der Waals surface area (Å²) < 4.78 is 5.66. The number of Topliss-reactive ketones (excluding diaryl/α,β-unsaturated/α-hetero) is 1. The van der Waals surface area contributed by atoms with Crippen molar-refractivity contribution in [3.63, 3.8) is 0 Å². The van der Waals surface area contributed by atoms with Crippen molar-refractivity contribution in [1.29, 1.82) is 0 Å². The topological polar surface area (TPSA) is 101 Å². The lowest BCUT2D eigenvalue weighted by atomic mass is 9.45. The summed E-state index contributed by atoms with van der Waals surface area (Å²) in [6.07, 6.45) is 5.29. The number of fused-ring (bicyclic) bond motifs is 5. The molecule has 2 aromatic carbocycles. The van der Waals surface area contributed by atoms with Crippen LogP contribution in [0.1, 0.15) is 75.8 Å². The van der Waals surface area contributed by atoms with Gasteiger partial charge in [0.05, 0.1) is 6.10 Å². The Labute approximate surface area is 241 Å². The number of carbonyl (C=O) groups excluding carboxylic acids is 3. The number of carbonyl (C=O) groups is 3. The van der Waals surface area contributed by atoms with Gasteiger partial charge in [-0.15, -0.1) is 0 Å². The maximum atomic E-state index is 13.8. The fraction of sp³-hybridized carbons (Fsp3) is 0.514. The average molecular weight is 557 g/mol. The molecule has 7 atom stereocenters. The zero-order chi connectivity index (χ0) is 29.0. The molecule has 3 fully saturated rings. The van der Waals surface area contributed by atoms with Crippen LogP contribution in [0, 0.1) is 28.6 Å². The van der Waals surface area contributed by atoms with E-state index in [0.717, 1.165) is 36.0 Å². The molecule has 0 bridgehead atoms. The molecule has 0 radical (unpaired) electrons. The molecule has 0 aromatic heterocycles. The summed E-state index contributed by atoms with van der Waals surface area (Å²) in [5.41, 5.74) is -0.0432. The number of hydrogen-bond acceptors (Lipinski definition) is 6. The van der Waals surface area contributed by atoms with Gasteiger partial charge in [0.2, 0.25) is 5.78 Å². The molecule has 3 saturated carbocycles. The first-order valence-electron chi connectivity index (χ1n) is 15.0. The van der Waals surface area contributed by atoms with Crippen molar-refractivity contribution < 1.29 is 29.3 Å². The number of benzene rings is 2. The fourth-order valence-electron chi connectivity index (χ4n) is 9.25. The molecule has 0 aliphatic heterocycles. The minimum Gasteiger partial charge on any atom is -0.457 e. The van der Waals surface area contributed by atoms with Gasteiger partial charge in [0, 0.05) is 11.8 Å². The maximum absolute atomic E-state index is 13.8. The molecular weight excluding hydrogens is 516 g/mol. The van der Waals surface area contributed by atoms with Gasteiger partial charge in [0.15, 0.2) is 12.4 Å². The van der Waals surface area contributed by atoms with Gasteiger partial charge in [-0.1, -0.05) is 80.1 Å². The van der Waals surface area contributed by atoms with Gasteiger partial charge in [-0.05, 0) is 78.9 Å². The second-order valence-electron chi connectivity index (χ2n) is 13.3. The lowest BCUT2D eigenvalue weighted by Gasteiger charge is -2.60. The van der Waals surface area contributed by atoms with Crippen LogP contribution in [0.15, 0.2) is 72.3 Å². The van der Waals surface area contributed by atoms with Crippen LogP contribution in [0.5, 0.6) is 0 Å². The molecule has 0 saturated heterocycles. The van der Waals surface area contributed by atoms with E-state index >= 15 is 0 Å². The monoisotopic (exact) mass is 556 g/mol. The molecule has 0 amide bonds. The number of rotatable bonds is 6. The van der Waals surface area contributed by atoms with E-state index in [2.05, 4.69) is 6.92 Å². The molecule has 0 spiro atoms. The van der Waals surface area contributed by atoms with Crippen LogP contribution in [-0.4, -0.2) is 46.1 Å². The number of esters is 1. The van der Waals surface area contributed by atoms with E-state index in [-0.39, 0.29) is 29.0 Å². The lowest BCUT2D eigenvalue weighted by molar-refractivity contribution is -0.184. The quantitative estimate of drug-likeness (QED) is 0.477. The van der Waals surface area contributed by atoms with Gasteiger partial charge in [-0.3, -0.25) is 14.4 Å². The fourth-order valence-corrected chi connectivity index (χ4v) is 9.25. The number of allylic oxidation sites excluding steroid dienone is 1. The molecule has 41 heavy (non-hydrogen) atoms. The second-order valence-corrected chi connectivity index (χ2v) is 13.3. The highest BCUT2D eigenvalue weighted by molar-refractivity contribution is 5.93. The second kappa shape index (κ2) is 10.3. The zero-order valence-corrected chi connectivity index (χ0v) is 23.9. The highest BCUT2D eigenvalue weighted by Crippen LogP contribution is 2.67. The molecule has 6 nitrogen and oxygen atoms in total. The molecule has 2 aromatic rings. The number of ether oxygens (including phenoxy) is 1. The molecule has 4 aliphatic carbocycles. The van der Waals surface area contributed by atoms with E-state index in [1.165, 1.54) is 0 Å². The maximum Gasteiger partial charge on any atom is 0.318 e. The van der Waals surface area contributed by atoms with Crippen LogP contribution in [0.25, 0.3) is 0 Å². The largest absolute Gasteiger partial charge is 0.457 e. The highest BCUT2D eigenvalue weighted by atomic mass is 16.5. The Morgan fingerprint density at radius 1 is 0.951 bits per heavy atom. The van der Waals surface area contributed by atoms with Crippen LogP contribution in [-0.2, 0) is 19.1 Å². The number of hydrogen-bond donors (Lipinski definition) is 2. The van der Waals surface area contributed by atoms with Crippen LogP contribution in [0.4, 0.5) is 0 Å². The van der Waals surface area contributed by atoms with Crippen molar-refractivity contribution in [1.82, 2.24) is 0 Å². The smallest absolute Gasteiger partial charge is 0.318 e. The first-order valence-corrected chi connectivity index (χ1v) is 15.0. The summed E-state index contributed by atoms with van der Waals surface area (Å²) in [6.45, 7) is 3.62. The summed E-state index contributed by atoms with van der Waals surface area (Å²) in [4.78, 5) is 39.4. The van der Waals surface area contributed by atoms with E-state index in [1.807, 2.05) is 67.6 Å². The van der Waals surface area contributed by atoms with Gasteiger partial charge in [-0.2, -0.15) is 0 Å². The molecule has 2 N–H and O–H groups in total. The molecule has 0 heterocycles. The summed E-state index contributed by atoms with van der Waals surface area (Å²) in [5, 5.41) is 23.7. The van der Waals surface area contributed by atoms with E-state index < -0.39 is 41.4 Å². The van der Waals surface area contributed by atoms with Crippen LogP contribution in [0.2, 0.25) is 0 Å². The number of aliphatic hydroxyl groups excluding tert-OH is 1. The summed E-state index contributed by atoms with van der Waals surface area (Å²) in [7, 11) is 0.